The standard InChI is InChI=1S/C20H26O3/c1-2-3-4-5-7-15-10-16(12-17(21)11-15)18-8-6-9-20-19(18)13-22-14-23-20/h6,8-9,11,16H,2-5,7,10,12-14H2,1H3. The van der Waals surface area contributed by atoms with Crippen molar-refractivity contribution in [3.8, 4) is 5.75 Å². The molecule has 1 heterocycles. The summed E-state index contributed by atoms with van der Waals surface area (Å²) in [6, 6.07) is 6.16. The van der Waals surface area contributed by atoms with Gasteiger partial charge in [-0.3, -0.25) is 4.79 Å². The van der Waals surface area contributed by atoms with Gasteiger partial charge in [0.15, 0.2) is 12.6 Å². The van der Waals surface area contributed by atoms with Crippen molar-refractivity contribution in [2.75, 3.05) is 6.79 Å². The molecule has 1 aliphatic heterocycles. The molecule has 0 amide bonds. The summed E-state index contributed by atoms with van der Waals surface area (Å²) in [5, 5.41) is 0. The Bertz CT molecular complexity index is 589. The topological polar surface area (TPSA) is 35.5 Å². The number of hydrogen-bond acceptors (Lipinski definition) is 3. The van der Waals surface area contributed by atoms with Crippen molar-refractivity contribution < 1.29 is 14.3 Å². The van der Waals surface area contributed by atoms with E-state index in [1.165, 1.54) is 36.8 Å². The van der Waals surface area contributed by atoms with Crippen LogP contribution in [0, 0.1) is 0 Å². The molecule has 3 heteroatoms. The molecule has 1 aromatic carbocycles. The minimum absolute atomic E-state index is 0.266. The van der Waals surface area contributed by atoms with Crippen LogP contribution in [0.3, 0.4) is 0 Å². The van der Waals surface area contributed by atoms with Gasteiger partial charge in [0.25, 0.3) is 0 Å². The molecule has 0 saturated heterocycles. The van der Waals surface area contributed by atoms with Crippen molar-refractivity contribution in [3.63, 3.8) is 0 Å². The number of benzene rings is 1. The molecule has 0 radical (unpaired) electrons. The van der Waals surface area contributed by atoms with Gasteiger partial charge in [0.05, 0.1) is 6.61 Å². The van der Waals surface area contributed by atoms with Gasteiger partial charge in [-0.15, -0.1) is 0 Å². The number of rotatable bonds is 6. The zero-order valence-electron chi connectivity index (χ0n) is 14.0. The second kappa shape index (κ2) is 7.78. The van der Waals surface area contributed by atoms with Gasteiger partial charge in [-0.2, -0.15) is 0 Å². The SMILES string of the molecule is CCCCCCC1=CC(=O)CC(c2cccc3c2COCO3)C1. The van der Waals surface area contributed by atoms with Gasteiger partial charge in [0.2, 0.25) is 0 Å². The molecular weight excluding hydrogens is 288 g/mol. The molecule has 0 aromatic heterocycles. The Morgan fingerprint density at radius 2 is 2.09 bits per heavy atom. The van der Waals surface area contributed by atoms with Crippen LogP contribution in [0.15, 0.2) is 29.8 Å². The van der Waals surface area contributed by atoms with Crippen LogP contribution in [0.1, 0.15) is 68.9 Å². The summed E-state index contributed by atoms with van der Waals surface area (Å²) in [4.78, 5) is 12.2. The minimum atomic E-state index is 0.266. The van der Waals surface area contributed by atoms with E-state index < -0.39 is 0 Å². The van der Waals surface area contributed by atoms with Gasteiger partial charge in [0, 0.05) is 12.0 Å². The highest BCUT2D eigenvalue weighted by Crippen LogP contribution is 2.38. The molecule has 1 aromatic rings. The highest BCUT2D eigenvalue weighted by Gasteiger charge is 2.26. The highest BCUT2D eigenvalue weighted by molar-refractivity contribution is 5.92. The molecule has 0 spiro atoms. The number of carbonyl (C=O) groups excluding carboxylic acids is 1. The maximum atomic E-state index is 12.2. The fourth-order valence-electron chi connectivity index (χ4n) is 3.65. The van der Waals surface area contributed by atoms with Gasteiger partial charge in [-0.1, -0.05) is 43.9 Å². The monoisotopic (exact) mass is 314 g/mol. The number of unbranched alkanes of at least 4 members (excludes halogenated alkanes) is 3. The zero-order valence-corrected chi connectivity index (χ0v) is 14.0. The molecule has 124 valence electrons. The predicted molar refractivity (Wildman–Crippen MR) is 90.6 cm³/mol. The van der Waals surface area contributed by atoms with Gasteiger partial charge in [-0.05, 0) is 42.9 Å². The average Bonchev–Trinajstić information content (AvgIpc) is 2.58. The van der Waals surface area contributed by atoms with Crippen LogP contribution in [-0.2, 0) is 16.1 Å². The summed E-state index contributed by atoms with van der Waals surface area (Å²) in [5.74, 6) is 1.45. The first-order chi connectivity index (χ1) is 11.3. The van der Waals surface area contributed by atoms with E-state index in [4.69, 9.17) is 9.47 Å². The van der Waals surface area contributed by atoms with Crippen LogP contribution >= 0.6 is 0 Å². The lowest BCUT2D eigenvalue weighted by Crippen LogP contribution is -2.18. The Morgan fingerprint density at radius 1 is 1.17 bits per heavy atom. The third-order valence-electron chi connectivity index (χ3n) is 4.83. The van der Waals surface area contributed by atoms with E-state index in [1.54, 1.807) is 0 Å². The number of fused-ring (bicyclic) bond motifs is 1. The van der Waals surface area contributed by atoms with Crippen LogP contribution in [0.4, 0.5) is 0 Å². The average molecular weight is 314 g/mol. The van der Waals surface area contributed by atoms with E-state index in [0.29, 0.717) is 19.8 Å². The smallest absolute Gasteiger partial charge is 0.189 e. The molecule has 0 bridgehead atoms. The first-order valence-corrected chi connectivity index (χ1v) is 8.82. The van der Waals surface area contributed by atoms with Gasteiger partial charge >= 0.3 is 0 Å². The molecule has 1 aliphatic carbocycles. The molecule has 0 saturated carbocycles. The molecule has 1 unspecified atom stereocenters. The number of allylic oxidation sites excluding steroid dienone is 2. The normalized spacial score (nSPS) is 20.7. The maximum absolute atomic E-state index is 12.2. The third-order valence-corrected chi connectivity index (χ3v) is 4.83. The summed E-state index contributed by atoms with van der Waals surface area (Å²) in [7, 11) is 0. The van der Waals surface area contributed by atoms with Crippen LogP contribution in [0.25, 0.3) is 0 Å². The Balaban J connectivity index is 1.72. The second-order valence-electron chi connectivity index (χ2n) is 6.62. The number of ketones is 1. The molecular formula is C20H26O3. The summed E-state index contributed by atoms with van der Waals surface area (Å²) in [6.07, 6.45) is 9.54. The lowest BCUT2D eigenvalue weighted by atomic mass is 9.80. The molecule has 3 nitrogen and oxygen atoms in total. The van der Waals surface area contributed by atoms with Gasteiger partial charge < -0.3 is 9.47 Å². The van der Waals surface area contributed by atoms with Crippen LogP contribution in [-0.4, -0.2) is 12.6 Å². The van der Waals surface area contributed by atoms with Crippen molar-refractivity contribution in [2.24, 2.45) is 0 Å². The minimum Gasteiger partial charge on any atom is -0.467 e. The third kappa shape index (κ3) is 4.03. The number of hydrogen-bond donors (Lipinski definition) is 0. The summed E-state index contributed by atoms with van der Waals surface area (Å²) in [5.41, 5.74) is 3.68. The van der Waals surface area contributed by atoms with Crippen LogP contribution < -0.4 is 4.74 Å². The first-order valence-electron chi connectivity index (χ1n) is 8.82. The Morgan fingerprint density at radius 3 is 2.96 bits per heavy atom. The summed E-state index contributed by atoms with van der Waals surface area (Å²) >= 11 is 0. The Hall–Kier alpha value is -1.61. The maximum Gasteiger partial charge on any atom is 0.189 e. The molecule has 0 fully saturated rings. The van der Waals surface area contributed by atoms with Crippen LogP contribution in [0.5, 0.6) is 5.75 Å². The summed E-state index contributed by atoms with van der Waals surface area (Å²) < 4.78 is 11.0. The van der Waals surface area contributed by atoms with Crippen molar-refractivity contribution in [2.45, 2.75) is 64.4 Å². The van der Waals surface area contributed by atoms with Crippen LogP contribution in [0.2, 0.25) is 0 Å². The number of carbonyl (C=O) groups is 1. The van der Waals surface area contributed by atoms with Crippen molar-refractivity contribution >= 4 is 5.78 Å². The fraction of sp³-hybridized carbons (Fsp3) is 0.550. The molecule has 2 aliphatic rings. The van der Waals surface area contributed by atoms with E-state index in [2.05, 4.69) is 13.0 Å². The first kappa shape index (κ1) is 16.3. The lowest BCUT2D eigenvalue weighted by Gasteiger charge is -2.27. The highest BCUT2D eigenvalue weighted by atomic mass is 16.7. The number of ether oxygens (including phenoxy) is 2. The van der Waals surface area contributed by atoms with Crippen molar-refractivity contribution in [1.29, 1.82) is 0 Å². The van der Waals surface area contributed by atoms with E-state index in [1.807, 2.05) is 18.2 Å². The molecule has 1 atom stereocenters. The largest absolute Gasteiger partial charge is 0.467 e. The van der Waals surface area contributed by atoms with E-state index in [0.717, 1.165) is 24.2 Å². The quantitative estimate of drug-likeness (QED) is 0.701. The molecule has 0 N–H and O–H groups in total. The van der Waals surface area contributed by atoms with Crippen molar-refractivity contribution in [1.82, 2.24) is 0 Å². The zero-order chi connectivity index (χ0) is 16.1. The van der Waals surface area contributed by atoms with Crippen molar-refractivity contribution in [3.05, 3.63) is 41.0 Å². The lowest BCUT2D eigenvalue weighted by molar-refractivity contribution is -0.115. The molecule has 23 heavy (non-hydrogen) atoms. The van der Waals surface area contributed by atoms with E-state index >= 15 is 0 Å². The van der Waals surface area contributed by atoms with Gasteiger partial charge in [0.1, 0.15) is 5.75 Å². The molecule has 3 rings (SSSR count). The van der Waals surface area contributed by atoms with E-state index in [9.17, 15) is 4.79 Å². The predicted octanol–water partition coefficient (Wildman–Crippen LogP) is 4.90. The van der Waals surface area contributed by atoms with E-state index in [-0.39, 0.29) is 11.7 Å². The second-order valence-corrected chi connectivity index (χ2v) is 6.62. The summed E-state index contributed by atoms with van der Waals surface area (Å²) in [6.45, 7) is 3.14. The fourth-order valence-corrected chi connectivity index (χ4v) is 3.65. The Labute approximate surface area is 138 Å². The van der Waals surface area contributed by atoms with Gasteiger partial charge in [-0.25, -0.2) is 0 Å². The Kier molecular flexibility index (Phi) is 5.50.